The van der Waals surface area contributed by atoms with E-state index >= 15 is 0 Å². The average molecular weight is 266 g/mol. The highest BCUT2D eigenvalue weighted by Gasteiger charge is 2.49. The first kappa shape index (κ1) is 13.9. The Kier molecular flexibility index (Phi) is 3.80. The molecule has 1 aliphatic carbocycles. The molecule has 2 unspecified atom stereocenters. The van der Waals surface area contributed by atoms with Gasteiger partial charge in [-0.1, -0.05) is 13.8 Å². The molecule has 1 aromatic rings. The summed E-state index contributed by atoms with van der Waals surface area (Å²) >= 11 is 0. The fraction of sp³-hybridized carbons (Fsp3) is 0.692. The van der Waals surface area contributed by atoms with Crippen molar-refractivity contribution in [2.24, 2.45) is 5.41 Å². The predicted octanol–water partition coefficient (Wildman–Crippen LogP) is 0.785. The fourth-order valence-corrected chi connectivity index (χ4v) is 2.47. The third-order valence-corrected chi connectivity index (χ3v) is 3.84. The molecular formula is C13H22N4O2. The maximum Gasteiger partial charge on any atom is 0.241 e. The molecule has 1 aliphatic rings. The summed E-state index contributed by atoms with van der Waals surface area (Å²) in [5, 5.41) is 7.03. The van der Waals surface area contributed by atoms with Crippen LogP contribution in [-0.4, -0.2) is 34.4 Å². The van der Waals surface area contributed by atoms with E-state index < -0.39 is 0 Å². The van der Waals surface area contributed by atoms with Crippen LogP contribution in [0.25, 0.3) is 0 Å². The number of nitrogens with one attached hydrogen (secondary N) is 1. The molecule has 106 valence electrons. The van der Waals surface area contributed by atoms with Gasteiger partial charge in [0.05, 0.1) is 18.0 Å². The molecule has 0 aliphatic heterocycles. The highest BCUT2D eigenvalue weighted by Crippen LogP contribution is 2.42. The molecule has 2 rings (SSSR count). The molecule has 0 radical (unpaired) electrons. The number of nitrogens with zero attached hydrogens (tertiary/aromatic N) is 2. The molecule has 0 aromatic carbocycles. The fourth-order valence-electron chi connectivity index (χ4n) is 2.47. The lowest BCUT2D eigenvalue weighted by atomic mass is 9.64. The summed E-state index contributed by atoms with van der Waals surface area (Å²) in [6, 6.07) is 0.157. The average Bonchev–Trinajstić information content (AvgIpc) is 2.73. The first-order valence-electron chi connectivity index (χ1n) is 6.62. The van der Waals surface area contributed by atoms with Gasteiger partial charge in [-0.05, 0) is 13.3 Å². The monoisotopic (exact) mass is 266 g/mol. The third kappa shape index (κ3) is 2.89. The van der Waals surface area contributed by atoms with Gasteiger partial charge in [-0.2, -0.15) is 5.10 Å². The molecular weight excluding hydrogens is 244 g/mol. The number of amides is 1. The van der Waals surface area contributed by atoms with Gasteiger partial charge >= 0.3 is 0 Å². The van der Waals surface area contributed by atoms with E-state index in [1.165, 1.54) is 10.9 Å². The molecule has 2 atom stereocenters. The Hall–Kier alpha value is -1.56. The van der Waals surface area contributed by atoms with Crippen molar-refractivity contribution in [1.82, 2.24) is 15.1 Å². The number of hydrogen-bond acceptors (Lipinski definition) is 4. The molecule has 0 bridgehead atoms. The van der Waals surface area contributed by atoms with E-state index in [4.69, 9.17) is 10.5 Å². The van der Waals surface area contributed by atoms with Gasteiger partial charge < -0.3 is 15.8 Å². The van der Waals surface area contributed by atoms with E-state index in [0.717, 1.165) is 6.42 Å². The first-order chi connectivity index (χ1) is 8.93. The van der Waals surface area contributed by atoms with Crippen LogP contribution in [-0.2, 0) is 16.1 Å². The second kappa shape index (κ2) is 5.21. The standard InChI is InChI=1S/C13H22N4O2/c1-4-19-11-5-10(13(11,2)3)16-12(18)8-17-7-9(14)6-15-17/h6-7,10-11H,4-5,8,14H2,1-3H3,(H,16,18). The highest BCUT2D eigenvalue weighted by atomic mass is 16.5. The smallest absolute Gasteiger partial charge is 0.241 e. The number of hydrogen-bond donors (Lipinski definition) is 2. The number of carbonyl (C=O) groups is 1. The largest absolute Gasteiger partial charge is 0.396 e. The van der Waals surface area contributed by atoms with Crippen molar-refractivity contribution in [3.8, 4) is 0 Å². The van der Waals surface area contributed by atoms with Gasteiger partial charge in [0.1, 0.15) is 6.54 Å². The van der Waals surface area contributed by atoms with Crippen molar-refractivity contribution in [3.63, 3.8) is 0 Å². The zero-order chi connectivity index (χ0) is 14.0. The van der Waals surface area contributed by atoms with Gasteiger partial charge in [0.15, 0.2) is 0 Å². The second-order valence-electron chi connectivity index (χ2n) is 5.59. The van der Waals surface area contributed by atoms with Crippen molar-refractivity contribution >= 4 is 11.6 Å². The van der Waals surface area contributed by atoms with Gasteiger partial charge in [0, 0.05) is 24.3 Å². The molecule has 1 saturated carbocycles. The van der Waals surface area contributed by atoms with Crippen LogP contribution in [0.4, 0.5) is 5.69 Å². The van der Waals surface area contributed by atoms with Crippen LogP contribution in [0.5, 0.6) is 0 Å². The highest BCUT2D eigenvalue weighted by molar-refractivity contribution is 5.76. The molecule has 6 heteroatoms. The maximum absolute atomic E-state index is 11.9. The van der Waals surface area contributed by atoms with Gasteiger partial charge in [-0.25, -0.2) is 0 Å². The topological polar surface area (TPSA) is 82.2 Å². The van der Waals surface area contributed by atoms with Gasteiger partial charge in [0.2, 0.25) is 5.91 Å². The molecule has 19 heavy (non-hydrogen) atoms. The maximum atomic E-state index is 11.9. The summed E-state index contributed by atoms with van der Waals surface area (Å²) in [6.45, 7) is 7.13. The van der Waals surface area contributed by atoms with Crippen molar-refractivity contribution in [1.29, 1.82) is 0 Å². The van der Waals surface area contributed by atoms with Crippen LogP contribution < -0.4 is 11.1 Å². The van der Waals surface area contributed by atoms with Crippen LogP contribution in [0.1, 0.15) is 27.2 Å². The van der Waals surface area contributed by atoms with Crippen LogP contribution >= 0.6 is 0 Å². The molecule has 1 amide bonds. The van der Waals surface area contributed by atoms with E-state index in [0.29, 0.717) is 12.3 Å². The van der Waals surface area contributed by atoms with Crippen LogP contribution in [0.3, 0.4) is 0 Å². The number of carbonyl (C=O) groups excluding carboxylic acids is 1. The summed E-state index contributed by atoms with van der Waals surface area (Å²) in [6.07, 6.45) is 4.27. The van der Waals surface area contributed by atoms with Crippen LogP contribution in [0.2, 0.25) is 0 Å². The van der Waals surface area contributed by atoms with E-state index in [2.05, 4.69) is 24.3 Å². The van der Waals surface area contributed by atoms with Crippen molar-refractivity contribution in [2.75, 3.05) is 12.3 Å². The molecule has 0 saturated heterocycles. The molecule has 1 heterocycles. The Balaban J connectivity index is 1.84. The SMILES string of the molecule is CCOC1CC(NC(=O)Cn2cc(N)cn2)C1(C)C. The Morgan fingerprint density at radius 3 is 2.95 bits per heavy atom. The number of anilines is 1. The summed E-state index contributed by atoms with van der Waals surface area (Å²) in [5.74, 6) is -0.0453. The lowest BCUT2D eigenvalue weighted by Crippen LogP contribution is -2.62. The van der Waals surface area contributed by atoms with Crippen LogP contribution in [0.15, 0.2) is 12.4 Å². The number of nitrogens with two attached hydrogens (primary N) is 1. The lowest BCUT2D eigenvalue weighted by Gasteiger charge is -2.51. The number of ether oxygens (including phenoxy) is 1. The summed E-state index contributed by atoms with van der Waals surface area (Å²) in [5.41, 5.74) is 6.10. The van der Waals surface area contributed by atoms with Gasteiger partial charge in [-0.3, -0.25) is 9.48 Å². The van der Waals surface area contributed by atoms with Crippen molar-refractivity contribution < 1.29 is 9.53 Å². The minimum Gasteiger partial charge on any atom is -0.396 e. The minimum atomic E-state index is -0.0453. The lowest BCUT2D eigenvalue weighted by molar-refractivity contribution is -0.137. The Morgan fingerprint density at radius 2 is 2.42 bits per heavy atom. The minimum absolute atomic E-state index is 0.0190. The zero-order valence-corrected chi connectivity index (χ0v) is 11.7. The first-order valence-corrected chi connectivity index (χ1v) is 6.62. The predicted molar refractivity (Wildman–Crippen MR) is 72.4 cm³/mol. The number of aromatic nitrogens is 2. The normalized spacial score (nSPS) is 24.8. The summed E-state index contributed by atoms with van der Waals surface area (Å²) < 4.78 is 7.18. The van der Waals surface area contributed by atoms with Crippen molar-refractivity contribution in [3.05, 3.63) is 12.4 Å². The van der Waals surface area contributed by atoms with Gasteiger partial charge in [0.25, 0.3) is 0 Å². The van der Waals surface area contributed by atoms with E-state index in [1.54, 1.807) is 6.20 Å². The van der Waals surface area contributed by atoms with E-state index in [-0.39, 0.29) is 30.0 Å². The number of rotatable bonds is 5. The molecule has 1 fully saturated rings. The molecule has 6 nitrogen and oxygen atoms in total. The summed E-state index contributed by atoms with van der Waals surface area (Å²) in [7, 11) is 0. The quantitative estimate of drug-likeness (QED) is 0.825. The Morgan fingerprint density at radius 1 is 1.68 bits per heavy atom. The Labute approximate surface area is 113 Å². The third-order valence-electron chi connectivity index (χ3n) is 3.84. The van der Waals surface area contributed by atoms with Gasteiger partial charge in [-0.15, -0.1) is 0 Å². The molecule has 0 spiro atoms. The molecule has 1 aromatic heterocycles. The van der Waals surface area contributed by atoms with E-state index in [9.17, 15) is 4.79 Å². The second-order valence-corrected chi connectivity index (χ2v) is 5.59. The van der Waals surface area contributed by atoms with Crippen LogP contribution in [0, 0.1) is 5.41 Å². The number of nitrogen functional groups attached to an aromatic ring is 1. The van der Waals surface area contributed by atoms with E-state index in [1.807, 2.05) is 6.92 Å². The summed E-state index contributed by atoms with van der Waals surface area (Å²) in [4.78, 5) is 11.9. The Bertz CT molecular complexity index is 455. The molecule has 3 N–H and O–H groups in total. The zero-order valence-electron chi connectivity index (χ0n) is 11.7. The van der Waals surface area contributed by atoms with Crippen molar-refractivity contribution in [2.45, 2.75) is 45.9 Å².